The summed E-state index contributed by atoms with van der Waals surface area (Å²) in [4.78, 5) is 12.0. The zero-order chi connectivity index (χ0) is 21.0. The van der Waals surface area contributed by atoms with E-state index in [-0.39, 0.29) is 12.5 Å². The maximum absolute atomic E-state index is 12.0. The van der Waals surface area contributed by atoms with Crippen LogP contribution in [0.5, 0.6) is 0 Å². The van der Waals surface area contributed by atoms with Crippen molar-refractivity contribution < 1.29 is 14.6 Å². The van der Waals surface area contributed by atoms with E-state index in [0.29, 0.717) is 13.0 Å². The topological polar surface area (TPSA) is 58.6 Å². The van der Waals surface area contributed by atoms with E-state index < -0.39 is 5.60 Å². The van der Waals surface area contributed by atoms with E-state index in [1.165, 1.54) is 96.3 Å². The fraction of sp³-hybridized carbons (Fsp3) is 0.960. The lowest BCUT2D eigenvalue weighted by Crippen LogP contribution is -2.39. The Labute approximate surface area is 180 Å². The van der Waals surface area contributed by atoms with Crippen molar-refractivity contribution >= 4 is 5.91 Å². The molecule has 0 saturated carbocycles. The van der Waals surface area contributed by atoms with Crippen molar-refractivity contribution in [2.24, 2.45) is 0 Å². The Hall–Kier alpha value is -0.610. The van der Waals surface area contributed by atoms with Gasteiger partial charge in [-0.15, -0.1) is 0 Å². The van der Waals surface area contributed by atoms with Gasteiger partial charge in [-0.3, -0.25) is 4.79 Å². The van der Waals surface area contributed by atoms with E-state index in [1.54, 1.807) is 0 Å². The third-order valence-corrected chi connectivity index (χ3v) is 6.31. The molecule has 0 radical (unpaired) electrons. The third-order valence-electron chi connectivity index (χ3n) is 6.31. The number of hydrogen-bond acceptors (Lipinski definition) is 3. The van der Waals surface area contributed by atoms with Gasteiger partial charge in [0.05, 0.1) is 18.6 Å². The Balaban J connectivity index is 1.77. The summed E-state index contributed by atoms with van der Waals surface area (Å²) in [5, 5.41) is 12.5. The van der Waals surface area contributed by atoms with E-state index in [4.69, 9.17) is 4.74 Å². The molecule has 0 aromatic rings. The molecule has 0 spiro atoms. The van der Waals surface area contributed by atoms with Gasteiger partial charge in [0.2, 0.25) is 5.91 Å². The van der Waals surface area contributed by atoms with E-state index >= 15 is 0 Å². The summed E-state index contributed by atoms with van der Waals surface area (Å²) in [6.07, 6.45) is 23.8. The van der Waals surface area contributed by atoms with Crippen molar-refractivity contribution in [2.45, 2.75) is 135 Å². The van der Waals surface area contributed by atoms with Gasteiger partial charge in [-0.2, -0.15) is 0 Å². The second-order valence-corrected chi connectivity index (χ2v) is 9.12. The first-order chi connectivity index (χ1) is 14.2. The first-order valence-electron chi connectivity index (χ1n) is 12.7. The van der Waals surface area contributed by atoms with Gasteiger partial charge >= 0.3 is 0 Å². The van der Waals surface area contributed by atoms with Crippen molar-refractivity contribution in [1.29, 1.82) is 0 Å². The largest absolute Gasteiger partial charge is 0.393 e. The Kier molecular flexibility index (Phi) is 16.6. The number of hydrogen-bond donors (Lipinski definition) is 2. The first-order valence-corrected chi connectivity index (χ1v) is 12.7. The number of ether oxygens (including phenoxy) is 1. The maximum Gasteiger partial charge on any atom is 0.222 e. The molecule has 1 atom stereocenters. The number of carbonyl (C=O) groups excluding carboxylic acids is 1. The molecule has 1 aliphatic rings. The number of aliphatic hydroxyl groups excluding tert-OH is 1. The molecular weight excluding hydrogens is 362 g/mol. The lowest BCUT2D eigenvalue weighted by atomic mass is 9.96. The smallest absolute Gasteiger partial charge is 0.222 e. The van der Waals surface area contributed by atoms with Crippen LogP contribution >= 0.6 is 0 Å². The Bertz CT molecular complexity index is 380. The van der Waals surface area contributed by atoms with Crippen molar-refractivity contribution in [2.75, 3.05) is 19.8 Å². The monoisotopic (exact) mass is 411 g/mol. The molecule has 29 heavy (non-hydrogen) atoms. The van der Waals surface area contributed by atoms with E-state index in [1.807, 2.05) is 0 Å². The second-order valence-electron chi connectivity index (χ2n) is 9.12. The molecular formula is C25H49NO3. The molecule has 172 valence electrons. The molecule has 1 fully saturated rings. The predicted octanol–water partition coefficient (Wildman–Crippen LogP) is 6.30. The summed E-state index contributed by atoms with van der Waals surface area (Å²) in [7, 11) is 0. The molecule has 1 amide bonds. The summed E-state index contributed by atoms with van der Waals surface area (Å²) >= 11 is 0. The normalized spacial score (nSPS) is 19.0. The highest BCUT2D eigenvalue weighted by Crippen LogP contribution is 2.28. The molecule has 4 nitrogen and oxygen atoms in total. The van der Waals surface area contributed by atoms with Crippen LogP contribution in [0.1, 0.15) is 129 Å². The van der Waals surface area contributed by atoms with Gasteiger partial charge in [-0.05, 0) is 19.3 Å². The van der Waals surface area contributed by atoms with E-state index in [2.05, 4.69) is 12.2 Å². The zero-order valence-electron chi connectivity index (χ0n) is 19.3. The fourth-order valence-electron chi connectivity index (χ4n) is 4.33. The Morgan fingerprint density at radius 2 is 1.31 bits per heavy atom. The van der Waals surface area contributed by atoms with Crippen LogP contribution < -0.4 is 5.32 Å². The minimum absolute atomic E-state index is 0.0157. The molecule has 1 rings (SSSR count). The Morgan fingerprint density at radius 1 is 0.828 bits per heavy atom. The van der Waals surface area contributed by atoms with Gasteiger partial charge < -0.3 is 15.2 Å². The molecule has 0 aliphatic carbocycles. The molecule has 1 heterocycles. The van der Waals surface area contributed by atoms with Gasteiger partial charge in [-0.25, -0.2) is 0 Å². The zero-order valence-corrected chi connectivity index (χ0v) is 19.3. The first kappa shape index (κ1) is 26.4. The molecule has 0 aromatic carbocycles. The summed E-state index contributed by atoms with van der Waals surface area (Å²) in [6, 6.07) is 0. The summed E-state index contributed by atoms with van der Waals surface area (Å²) in [6.45, 7) is 3.63. The number of nitrogens with one attached hydrogen (secondary N) is 1. The SMILES string of the molecule is CCCCCCCCCCCCCCCCCCNC(=O)CC1(CO)CCCO1. The molecule has 0 bridgehead atoms. The highest BCUT2D eigenvalue weighted by atomic mass is 16.5. The summed E-state index contributed by atoms with van der Waals surface area (Å²) in [5.74, 6) is 0.0157. The van der Waals surface area contributed by atoms with Gasteiger partial charge in [0, 0.05) is 13.2 Å². The highest BCUT2D eigenvalue weighted by Gasteiger charge is 2.36. The highest BCUT2D eigenvalue weighted by molar-refractivity contribution is 5.77. The van der Waals surface area contributed by atoms with Crippen LogP contribution in [0.4, 0.5) is 0 Å². The molecule has 2 N–H and O–H groups in total. The second kappa shape index (κ2) is 18.2. The maximum atomic E-state index is 12.0. The van der Waals surface area contributed by atoms with Crippen molar-refractivity contribution in [3.8, 4) is 0 Å². The summed E-state index contributed by atoms with van der Waals surface area (Å²) in [5.41, 5.74) is -0.612. The van der Waals surface area contributed by atoms with Crippen LogP contribution in [-0.2, 0) is 9.53 Å². The fourth-order valence-corrected chi connectivity index (χ4v) is 4.33. The van der Waals surface area contributed by atoms with Crippen LogP contribution in [0.3, 0.4) is 0 Å². The van der Waals surface area contributed by atoms with Crippen LogP contribution in [0, 0.1) is 0 Å². The molecule has 1 aliphatic heterocycles. The number of aliphatic hydroxyl groups is 1. The number of amides is 1. The molecule has 4 heteroatoms. The van der Waals surface area contributed by atoms with Crippen molar-refractivity contribution in [1.82, 2.24) is 5.32 Å². The van der Waals surface area contributed by atoms with Gasteiger partial charge in [0.1, 0.15) is 0 Å². The number of carbonyl (C=O) groups is 1. The van der Waals surface area contributed by atoms with Crippen LogP contribution in [0.25, 0.3) is 0 Å². The lowest BCUT2D eigenvalue weighted by molar-refractivity contribution is -0.129. The predicted molar refractivity (Wildman–Crippen MR) is 122 cm³/mol. The van der Waals surface area contributed by atoms with Gasteiger partial charge in [0.25, 0.3) is 0 Å². The lowest BCUT2D eigenvalue weighted by Gasteiger charge is -2.25. The van der Waals surface area contributed by atoms with E-state index in [9.17, 15) is 9.90 Å². The average Bonchev–Trinajstić information content (AvgIpc) is 3.19. The van der Waals surface area contributed by atoms with Crippen LogP contribution in [-0.4, -0.2) is 36.4 Å². The van der Waals surface area contributed by atoms with Crippen LogP contribution in [0.15, 0.2) is 0 Å². The quantitative estimate of drug-likeness (QED) is 0.231. The van der Waals surface area contributed by atoms with Gasteiger partial charge in [-0.1, -0.05) is 103 Å². The van der Waals surface area contributed by atoms with Crippen LogP contribution in [0.2, 0.25) is 0 Å². The van der Waals surface area contributed by atoms with Crippen molar-refractivity contribution in [3.05, 3.63) is 0 Å². The van der Waals surface area contributed by atoms with E-state index in [0.717, 1.165) is 25.8 Å². The molecule has 1 unspecified atom stereocenters. The standard InChI is InChI=1S/C25H49NO3/c1-2-3-4-5-6-7-8-9-10-11-12-13-14-15-16-17-20-26-24(28)22-25(23-27)19-18-21-29-25/h27H,2-23H2,1H3,(H,26,28). The number of unbranched alkanes of at least 4 members (excludes halogenated alkanes) is 15. The average molecular weight is 412 g/mol. The third kappa shape index (κ3) is 14.1. The Morgan fingerprint density at radius 3 is 1.72 bits per heavy atom. The molecule has 1 saturated heterocycles. The minimum atomic E-state index is -0.612. The van der Waals surface area contributed by atoms with Crippen molar-refractivity contribution in [3.63, 3.8) is 0 Å². The number of rotatable bonds is 20. The molecule has 0 aromatic heterocycles. The summed E-state index contributed by atoms with van der Waals surface area (Å²) < 4.78 is 5.59. The van der Waals surface area contributed by atoms with Gasteiger partial charge in [0.15, 0.2) is 0 Å². The minimum Gasteiger partial charge on any atom is -0.393 e.